The first-order valence-corrected chi connectivity index (χ1v) is 4.61. The Morgan fingerprint density at radius 2 is 1.50 bits per heavy atom. The summed E-state index contributed by atoms with van der Waals surface area (Å²) < 4.78 is 0. The molecule has 0 fully saturated rings. The van der Waals surface area contributed by atoms with E-state index < -0.39 is 5.41 Å². The molecule has 0 aromatic heterocycles. The Hall–Kier alpha value is 0.0969. The van der Waals surface area contributed by atoms with Crippen molar-refractivity contribution in [2.24, 2.45) is 5.41 Å². The molecule has 0 saturated carbocycles. The van der Waals surface area contributed by atoms with Crippen LogP contribution in [0.25, 0.3) is 0 Å². The highest BCUT2D eigenvalue weighted by atomic mass is 28.1. The molecule has 3 nitrogen and oxygen atoms in total. The Morgan fingerprint density at radius 1 is 1.20 bits per heavy atom. The molecule has 3 N–H and O–H groups in total. The van der Waals surface area contributed by atoms with Gasteiger partial charge in [0.25, 0.3) is 0 Å². The lowest BCUT2D eigenvalue weighted by molar-refractivity contribution is 0.00392. The fourth-order valence-corrected chi connectivity index (χ4v) is 1.25. The van der Waals surface area contributed by atoms with E-state index in [1.165, 1.54) is 0 Å². The molecule has 0 saturated heterocycles. The first kappa shape index (κ1) is 10.1. The van der Waals surface area contributed by atoms with Crippen LogP contribution in [0.2, 0.25) is 5.54 Å². The van der Waals surface area contributed by atoms with E-state index in [0.29, 0.717) is 0 Å². The number of aliphatic hydroxyl groups excluding tert-OH is 3. The Balaban J connectivity index is 4.15. The molecule has 0 aromatic rings. The molecule has 0 aliphatic rings. The van der Waals surface area contributed by atoms with Crippen molar-refractivity contribution in [3.8, 4) is 0 Å². The minimum absolute atomic E-state index is 0.134. The van der Waals surface area contributed by atoms with Crippen molar-refractivity contribution in [1.82, 2.24) is 0 Å². The molecule has 0 rings (SSSR count). The molecular weight excluding hydrogens is 148 g/mol. The molecule has 0 radical (unpaired) electrons. The smallest absolute Gasteiger partial charge is 0.0531 e. The van der Waals surface area contributed by atoms with Crippen molar-refractivity contribution in [3.05, 3.63) is 0 Å². The second-order valence-corrected chi connectivity index (χ2v) is 4.72. The van der Waals surface area contributed by atoms with Crippen LogP contribution in [0.3, 0.4) is 0 Å². The van der Waals surface area contributed by atoms with Crippen LogP contribution in [0.5, 0.6) is 0 Å². The van der Waals surface area contributed by atoms with Crippen molar-refractivity contribution in [3.63, 3.8) is 0 Å². The van der Waals surface area contributed by atoms with E-state index in [4.69, 9.17) is 15.3 Å². The van der Waals surface area contributed by atoms with Gasteiger partial charge in [0.05, 0.1) is 19.8 Å². The summed E-state index contributed by atoms with van der Waals surface area (Å²) in [6.45, 7) is 1.52. The summed E-state index contributed by atoms with van der Waals surface area (Å²) in [6.07, 6.45) is 0. The lowest BCUT2D eigenvalue weighted by atomic mass is 9.87. The number of hydrogen-bond acceptors (Lipinski definition) is 3. The normalized spacial score (nSPS) is 15.6. The Labute approximate surface area is 64.1 Å². The van der Waals surface area contributed by atoms with Gasteiger partial charge in [0.1, 0.15) is 0 Å². The summed E-state index contributed by atoms with van der Waals surface area (Å²) in [7, 11) is 0.875. The summed E-state index contributed by atoms with van der Waals surface area (Å²) in [4.78, 5) is 0. The van der Waals surface area contributed by atoms with Crippen LogP contribution in [0.4, 0.5) is 0 Å². The van der Waals surface area contributed by atoms with Gasteiger partial charge in [-0.25, -0.2) is 0 Å². The van der Waals surface area contributed by atoms with Crippen molar-refractivity contribution in [1.29, 1.82) is 0 Å². The van der Waals surface area contributed by atoms with Crippen LogP contribution < -0.4 is 0 Å². The molecule has 0 amide bonds. The first-order valence-electron chi connectivity index (χ1n) is 3.45. The summed E-state index contributed by atoms with van der Waals surface area (Å²) in [5, 5.41) is 26.5. The highest BCUT2D eigenvalue weighted by Crippen LogP contribution is 2.27. The summed E-state index contributed by atoms with van der Waals surface area (Å²) in [6, 6.07) is 0. The molecule has 0 spiro atoms. The second-order valence-electron chi connectivity index (χ2n) is 2.99. The monoisotopic (exact) mass is 164 g/mol. The second kappa shape index (κ2) is 4.08. The number of aliphatic hydroxyl groups is 3. The fraction of sp³-hybridized carbons (Fsp3) is 1.00. The summed E-state index contributed by atoms with van der Waals surface area (Å²) >= 11 is 0. The maximum absolute atomic E-state index is 8.85. The van der Waals surface area contributed by atoms with Crippen molar-refractivity contribution in [2.45, 2.75) is 12.5 Å². The van der Waals surface area contributed by atoms with Gasteiger partial charge in [-0.15, -0.1) is 0 Å². The van der Waals surface area contributed by atoms with Crippen LogP contribution in [-0.2, 0) is 0 Å². The average molecular weight is 164 g/mol. The van der Waals surface area contributed by atoms with Gasteiger partial charge < -0.3 is 15.3 Å². The third-order valence-electron chi connectivity index (χ3n) is 2.17. The number of hydrogen-bond donors (Lipinski definition) is 3. The maximum atomic E-state index is 8.85. The molecule has 1 atom stereocenters. The van der Waals surface area contributed by atoms with E-state index in [9.17, 15) is 0 Å². The molecule has 0 heterocycles. The predicted molar refractivity (Wildman–Crippen MR) is 43.1 cm³/mol. The van der Waals surface area contributed by atoms with Gasteiger partial charge in [-0.1, -0.05) is 6.92 Å². The molecule has 62 valence electrons. The van der Waals surface area contributed by atoms with Crippen molar-refractivity contribution in [2.75, 3.05) is 19.8 Å². The fourth-order valence-electron chi connectivity index (χ4n) is 0.698. The topological polar surface area (TPSA) is 60.7 Å². The van der Waals surface area contributed by atoms with E-state index in [-0.39, 0.29) is 25.4 Å². The quantitative estimate of drug-likeness (QED) is 0.426. The zero-order valence-corrected chi connectivity index (χ0v) is 8.54. The van der Waals surface area contributed by atoms with Crippen molar-refractivity contribution >= 4 is 10.2 Å². The number of rotatable bonds is 4. The third-order valence-corrected chi connectivity index (χ3v) is 3.39. The van der Waals surface area contributed by atoms with E-state index in [1.807, 2.05) is 6.92 Å². The van der Waals surface area contributed by atoms with Gasteiger partial charge >= 0.3 is 0 Å². The molecule has 0 aliphatic heterocycles. The van der Waals surface area contributed by atoms with E-state index in [0.717, 1.165) is 10.2 Å². The van der Waals surface area contributed by atoms with Crippen LogP contribution >= 0.6 is 0 Å². The van der Waals surface area contributed by atoms with Gasteiger partial charge in [-0.05, 0) is 5.54 Å². The molecule has 0 bridgehead atoms. The van der Waals surface area contributed by atoms with Gasteiger partial charge in [0.15, 0.2) is 0 Å². The summed E-state index contributed by atoms with van der Waals surface area (Å²) in [5.41, 5.74) is -0.417. The van der Waals surface area contributed by atoms with Gasteiger partial charge in [-0.3, -0.25) is 0 Å². The Bertz CT molecular complexity index is 82.7. The van der Waals surface area contributed by atoms with Crippen LogP contribution in [0.15, 0.2) is 0 Å². The summed E-state index contributed by atoms with van der Waals surface area (Å²) in [5.74, 6) is 0. The standard InChI is InChI=1S/C6H16O3Si/c1-5(10)6(2-7,3-8)4-9/h5,7-9H,2-4H2,1,10H3. The molecule has 4 heteroatoms. The molecule has 0 aliphatic carbocycles. The predicted octanol–water partition coefficient (Wildman–Crippen LogP) is -1.88. The van der Waals surface area contributed by atoms with Crippen LogP contribution in [0, 0.1) is 5.41 Å². The Morgan fingerprint density at radius 3 is 1.50 bits per heavy atom. The zero-order chi connectivity index (χ0) is 8.20. The third kappa shape index (κ3) is 1.79. The van der Waals surface area contributed by atoms with Gasteiger partial charge in [-0.2, -0.15) is 0 Å². The molecule has 10 heavy (non-hydrogen) atoms. The van der Waals surface area contributed by atoms with Crippen LogP contribution in [-0.4, -0.2) is 45.4 Å². The Kier molecular flexibility index (Phi) is 4.11. The minimum Gasteiger partial charge on any atom is -0.396 e. The maximum Gasteiger partial charge on any atom is 0.0531 e. The lowest BCUT2D eigenvalue weighted by Gasteiger charge is -2.31. The SMILES string of the molecule is CC([SiH3])C(CO)(CO)CO. The largest absolute Gasteiger partial charge is 0.396 e. The molecule has 0 aromatic carbocycles. The van der Waals surface area contributed by atoms with Gasteiger partial charge in [0, 0.05) is 15.7 Å². The molecular formula is C6H16O3Si. The molecule has 1 unspecified atom stereocenters. The minimum atomic E-state index is -0.647. The zero-order valence-electron chi connectivity index (χ0n) is 6.54. The van der Waals surface area contributed by atoms with Crippen molar-refractivity contribution < 1.29 is 15.3 Å². The first-order chi connectivity index (χ1) is 4.63. The van der Waals surface area contributed by atoms with Gasteiger partial charge in [0.2, 0.25) is 0 Å². The van der Waals surface area contributed by atoms with E-state index in [1.54, 1.807) is 0 Å². The highest BCUT2D eigenvalue weighted by Gasteiger charge is 2.31. The van der Waals surface area contributed by atoms with Crippen LogP contribution in [0.1, 0.15) is 6.92 Å². The van der Waals surface area contributed by atoms with E-state index >= 15 is 0 Å². The average Bonchev–Trinajstić information content (AvgIpc) is 1.92. The lowest BCUT2D eigenvalue weighted by Crippen LogP contribution is -2.37. The van der Waals surface area contributed by atoms with E-state index in [2.05, 4.69) is 0 Å². The highest BCUT2D eigenvalue weighted by molar-refractivity contribution is 6.11.